The number of hydrogen-bond acceptors (Lipinski definition) is 8. The summed E-state index contributed by atoms with van der Waals surface area (Å²) in [6.07, 6.45) is 3.23. The zero-order valence-corrected chi connectivity index (χ0v) is 36.6. The number of aromatic nitrogens is 2. The van der Waals surface area contributed by atoms with E-state index >= 15 is 0 Å². The first-order valence-electron chi connectivity index (χ1n) is 21.4. The Bertz CT molecular complexity index is 2280. The monoisotopic (exact) mass is 840 g/mol. The third-order valence-corrected chi connectivity index (χ3v) is 11.5. The van der Waals surface area contributed by atoms with Crippen LogP contribution in [0.2, 0.25) is 0 Å². The quantitative estimate of drug-likeness (QED) is 0.0769. The van der Waals surface area contributed by atoms with Crippen molar-refractivity contribution in [3.8, 4) is 11.3 Å². The van der Waals surface area contributed by atoms with Gasteiger partial charge in [0, 0.05) is 63.0 Å². The van der Waals surface area contributed by atoms with Gasteiger partial charge in [-0.2, -0.15) is 0 Å². The maximum atomic E-state index is 14.7. The Balaban J connectivity index is 1.25. The summed E-state index contributed by atoms with van der Waals surface area (Å²) in [5, 5.41) is 20.8. The summed E-state index contributed by atoms with van der Waals surface area (Å²) in [5.74, 6) is -1.34. The van der Waals surface area contributed by atoms with E-state index in [0.717, 1.165) is 38.9 Å². The van der Waals surface area contributed by atoms with Gasteiger partial charge in [-0.3, -0.25) is 29.8 Å². The van der Waals surface area contributed by atoms with E-state index in [1.54, 1.807) is 27.2 Å². The molecule has 1 fully saturated rings. The van der Waals surface area contributed by atoms with Crippen molar-refractivity contribution in [2.24, 2.45) is 11.3 Å². The second kappa shape index (κ2) is 20.6. The molecule has 3 heterocycles. The number of rotatable bonds is 18. The van der Waals surface area contributed by atoms with Crippen molar-refractivity contribution < 1.29 is 24.3 Å². The number of nitrogens with one attached hydrogen (secondary N) is 3. The number of amides is 5. The average molecular weight is 841 g/mol. The molecule has 0 aliphatic carbocycles. The predicted octanol–water partition coefficient (Wildman–Crippen LogP) is 6.12. The molecule has 0 spiro atoms. The summed E-state index contributed by atoms with van der Waals surface area (Å²) >= 11 is 0. The number of aliphatic hydroxyl groups is 1. The molecule has 1 aliphatic heterocycles. The van der Waals surface area contributed by atoms with Gasteiger partial charge in [0.25, 0.3) is 5.91 Å². The molecule has 0 radical (unpaired) electrons. The second-order valence-corrected chi connectivity index (χ2v) is 17.4. The highest BCUT2D eigenvalue weighted by molar-refractivity contribution is 5.89. The number of carbonyl (C=O) groups is 4. The molecule has 13 heteroatoms. The number of hydrogen-bond donors (Lipinski definition) is 4. The molecule has 1 saturated heterocycles. The van der Waals surface area contributed by atoms with Crippen molar-refractivity contribution in [2.45, 2.75) is 91.7 Å². The molecule has 2 aromatic heterocycles. The number of para-hydroxylation sites is 1. The molecule has 3 aromatic carbocycles. The van der Waals surface area contributed by atoms with Gasteiger partial charge in [0.1, 0.15) is 12.1 Å². The summed E-state index contributed by atoms with van der Waals surface area (Å²) < 4.78 is 0. The molecule has 5 atom stereocenters. The maximum Gasteiger partial charge on any atom is 0.321 e. The van der Waals surface area contributed by atoms with Crippen LogP contribution >= 0.6 is 0 Å². The molecule has 62 heavy (non-hydrogen) atoms. The van der Waals surface area contributed by atoms with E-state index in [1.807, 2.05) is 138 Å². The summed E-state index contributed by atoms with van der Waals surface area (Å²) in [7, 11) is 0. The zero-order valence-electron chi connectivity index (χ0n) is 36.6. The van der Waals surface area contributed by atoms with Crippen LogP contribution in [0.1, 0.15) is 64.7 Å². The van der Waals surface area contributed by atoms with Crippen LogP contribution in [0, 0.1) is 11.3 Å². The average Bonchev–Trinajstić information content (AvgIpc) is 3.61. The van der Waals surface area contributed by atoms with Crippen molar-refractivity contribution in [1.82, 2.24) is 40.8 Å². The van der Waals surface area contributed by atoms with E-state index in [-0.39, 0.29) is 43.3 Å². The number of carbonyl (C=O) groups excluding carboxylic acids is 4. The molecular weight excluding hydrogens is 781 g/mol. The van der Waals surface area contributed by atoms with Crippen molar-refractivity contribution >= 4 is 34.7 Å². The Morgan fingerprint density at radius 2 is 1.53 bits per heavy atom. The van der Waals surface area contributed by atoms with Crippen LogP contribution in [0.15, 0.2) is 116 Å². The number of benzene rings is 3. The standard InChI is InChI=1S/C49H60N8O5/c1-7-33(2)44(57-28-27-55(48(57)62)31-38-24-26-51-41-19-12-11-17-39(38)41)46(60)53-42(29-35-15-9-8-10-16-35)43(59)32-56(54-47(61)45(49(4,5)6)52-34(3)58)30-36-20-22-37(23-21-36)40-18-13-14-25-50-40/h8-26,33,42-45,59H,7,27-32H2,1-6H3,(H,52,58)(H,53,60)(H,54,61)/t33-,42-,43+,44-,45+/m0/s1. The van der Waals surface area contributed by atoms with Gasteiger partial charge in [-0.1, -0.05) is 120 Å². The van der Waals surface area contributed by atoms with E-state index in [1.165, 1.54) is 6.92 Å². The first-order valence-corrected chi connectivity index (χ1v) is 21.4. The minimum Gasteiger partial charge on any atom is -0.390 e. The van der Waals surface area contributed by atoms with Gasteiger partial charge in [-0.25, -0.2) is 9.80 Å². The Morgan fingerprint density at radius 1 is 0.823 bits per heavy atom. The minimum atomic E-state index is -1.19. The molecule has 5 amide bonds. The molecule has 4 N–H and O–H groups in total. The Hall–Kier alpha value is -6.18. The molecule has 0 saturated carbocycles. The highest BCUT2D eigenvalue weighted by Gasteiger charge is 2.41. The predicted molar refractivity (Wildman–Crippen MR) is 241 cm³/mol. The van der Waals surface area contributed by atoms with Crippen LogP contribution in [0.3, 0.4) is 0 Å². The second-order valence-electron chi connectivity index (χ2n) is 17.4. The van der Waals surface area contributed by atoms with Crippen LogP contribution in [-0.4, -0.2) is 97.5 Å². The van der Waals surface area contributed by atoms with Crippen LogP contribution in [0.25, 0.3) is 22.2 Å². The van der Waals surface area contributed by atoms with Crippen LogP contribution in [0.4, 0.5) is 4.79 Å². The van der Waals surface area contributed by atoms with Gasteiger partial charge in [0.15, 0.2) is 0 Å². The lowest BCUT2D eigenvalue weighted by Crippen LogP contribution is -2.60. The maximum absolute atomic E-state index is 14.7. The molecule has 0 bridgehead atoms. The molecule has 1 aliphatic rings. The molecule has 5 aromatic rings. The number of urea groups is 1. The first kappa shape index (κ1) is 45.3. The third-order valence-electron chi connectivity index (χ3n) is 11.5. The number of aliphatic hydroxyl groups excluding tert-OH is 1. The Morgan fingerprint density at radius 3 is 2.21 bits per heavy atom. The number of fused-ring (bicyclic) bond motifs is 1. The lowest BCUT2D eigenvalue weighted by Gasteiger charge is -2.36. The first-order chi connectivity index (χ1) is 29.7. The van der Waals surface area contributed by atoms with E-state index in [2.05, 4.69) is 26.0 Å². The molecule has 326 valence electrons. The van der Waals surface area contributed by atoms with Crippen molar-refractivity contribution in [2.75, 3.05) is 19.6 Å². The van der Waals surface area contributed by atoms with Crippen molar-refractivity contribution in [1.29, 1.82) is 0 Å². The summed E-state index contributed by atoms with van der Waals surface area (Å²) in [6.45, 7) is 12.3. The normalized spacial score (nSPS) is 15.5. The van der Waals surface area contributed by atoms with Crippen molar-refractivity contribution in [3.63, 3.8) is 0 Å². The number of pyridine rings is 2. The highest BCUT2D eigenvalue weighted by Crippen LogP contribution is 2.26. The zero-order chi connectivity index (χ0) is 44.4. The summed E-state index contributed by atoms with van der Waals surface area (Å²) in [5.41, 5.74) is 7.69. The fourth-order valence-electron chi connectivity index (χ4n) is 7.99. The number of nitrogens with zero attached hydrogens (tertiary/aromatic N) is 5. The fourth-order valence-corrected chi connectivity index (χ4v) is 7.99. The van der Waals surface area contributed by atoms with Crippen LogP contribution < -0.4 is 16.1 Å². The lowest BCUT2D eigenvalue weighted by molar-refractivity contribution is -0.135. The van der Waals surface area contributed by atoms with E-state index in [4.69, 9.17) is 0 Å². The van der Waals surface area contributed by atoms with Crippen LogP contribution in [-0.2, 0) is 33.9 Å². The van der Waals surface area contributed by atoms with Gasteiger partial charge in [0.2, 0.25) is 11.8 Å². The van der Waals surface area contributed by atoms with Gasteiger partial charge in [-0.15, -0.1) is 0 Å². The van der Waals surface area contributed by atoms with E-state index in [9.17, 15) is 24.3 Å². The summed E-state index contributed by atoms with van der Waals surface area (Å²) in [4.78, 5) is 67.4. The third kappa shape index (κ3) is 11.6. The van der Waals surface area contributed by atoms with Gasteiger partial charge in [-0.05, 0) is 58.7 Å². The Kier molecular flexibility index (Phi) is 15.1. The molecular formula is C49H60N8O5. The van der Waals surface area contributed by atoms with Crippen molar-refractivity contribution in [3.05, 3.63) is 132 Å². The molecule has 13 nitrogen and oxygen atoms in total. The topological polar surface area (TPSA) is 160 Å². The smallest absolute Gasteiger partial charge is 0.321 e. The van der Waals surface area contributed by atoms with Gasteiger partial charge in [0.05, 0.1) is 23.4 Å². The molecule has 0 unspecified atom stereocenters. The van der Waals surface area contributed by atoms with Gasteiger partial charge >= 0.3 is 6.03 Å². The Labute approximate surface area is 364 Å². The minimum absolute atomic E-state index is 0.0766. The largest absolute Gasteiger partial charge is 0.390 e. The number of hydrazine groups is 1. The van der Waals surface area contributed by atoms with E-state index in [0.29, 0.717) is 26.1 Å². The molecule has 6 rings (SSSR count). The highest BCUT2D eigenvalue weighted by atomic mass is 16.3. The lowest BCUT2D eigenvalue weighted by atomic mass is 9.86. The van der Waals surface area contributed by atoms with Crippen LogP contribution in [0.5, 0.6) is 0 Å². The SMILES string of the molecule is CC[C@H](C)[C@@H](C(=O)N[C@@H](Cc1ccccc1)[C@H](O)CN(Cc1ccc(-c2ccccn2)cc1)NC(=O)[C@@H](NC(C)=O)C(C)(C)C)N1CCN(Cc2ccnc3ccccc23)C1=O. The fraction of sp³-hybridized carbons (Fsp3) is 0.388. The van der Waals surface area contributed by atoms with Gasteiger partial charge < -0.3 is 25.5 Å². The van der Waals surface area contributed by atoms with E-state index < -0.39 is 35.6 Å². The summed E-state index contributed by atoms with van der Waals surface area (Å²) in [6, 6.07) is 30.2.